The lowest BCUT2D eigenvalue weighted by atomic mass is 10.0. The first-order chi connectivity index (χ1) is 8.13. The first-order valence-corrected chi connectivity index (χ1v) is 5.69. The van der Waals surface area contributed by atoms with Crippen LogP contribution in [0.1, 0.15) is 0 Å². The lowest BCUT2D eigenvalue weighted by molar-refractivity contribution is -0.119. The largest absolute Gasteiger partial charge is 0.378 e. The molecule has 2 unspecified atom stereocenters. The van der Waals surface area contributed by atoms with E-state index in [1.54, 1.807) is 6.07 Å². The Hall–Kier alpha value is -1.62. The molecule has 0 spiro atoms. The van der Waals surface area contributed by atoms with Crippen molar-refractivity contribution in [1.29, 1.82) is 0 Å². The third-order valence-electron chi connectivity index (χ3n) is 3.42. The normalized spacial score (nSPS) is 27.8. The van der Waals surface area contributed by atoms with Gasteiger partial charge in [-0.2, -0.15) is 0 Å². The second-order valence-corrected chi connectivity index (χ2v) is 4.76. The molecule has 4 nitrogen and oxygen atoms in total. The van der Waals surface area contributed by atoms with Gasteiger partial charge in [-0.3, -0.25) is 4.79 Å². The number of rotatable bonds is 0. The summed E-state index contributed by atoms with van der Waals surface area (Å²) in [6, 6.07) is 4.44. The molecule has 0 aliphatic carbocycles. The number of fused-ring (bicyclic) bond motifs is 2. The number of likely N-dealkylation sites (N-methyl/N-ethyl adjacent to an activating group) is 1. The fraction of sp³-hybridized carbons (Fsp3) is 0.417. The zero-order valence-electron chi connectivity index (χ0n) is 9.53. The Morgan fingerprint density at radius 3 is 3.00 bits per heavy atom. The predicted octanol–water partition coefficient (Wildman–Crippen LogP) is 1.12. The molecule has 2 aliphatic rings. The van der Waals surface area contributed by atoms with Gasteiger partial charge in [-0.25, -0.2) is 4.39 Å². The fourth-order valence-electron chi connectivity index (χ4n) is 2.58. The summed E-state index contributed by atoms with van der Waals surface area (Å²) in [4.78, 5) is 14.1. The van der Waals surface area contributed by atoms with Crippen LogP contribution in [0, 0.1) is 11.7 Å². The zero-order chi connectivity index (χ0) is 12.0. The Morgan fingerprint density at radius 1 is 1.35 bits per heavy atom. The van der Waals surface area contributed by atoms with Crippen molar-refractivity contribution in [2.45, 2.75) is 6.04 Å². The van der Waals surface area contributed by atoms with Crippen molar-refractivity contribution in [2.75, 3.05) is 30.8 Å². The van der Waals surface area contributed by atoms with Gasteiger partial charge in [0.05, 0.1) is 23.3 Å². The molecular weight excluding hydrogens is 221 g/mol. The summed E-state index contributed by atoms with van der Waals surface area (Å²) in [6.45, 7) is 1.54. The van der Waals surface area contributed by atoms with Gasteiger partial charge in [0.1, 0.15) is 5.82 Å². The number of carbonyl (C=O) groups excluding carboxylic acids is 1. The molecule has 1 fully saturated rings. The molecule has 0 bridgehead atoms. The highest BCUT2D eigenvalue weighted by Gasteiger charge is 2.38. The molecule has 90 valence electrons. The molecule has 1 aromatic carbocycles. The minimum absolute atomic E-state index is 0.0113. The number of carbonyl (C=O) groups is 1. The van der Waals surface area contributed by atoms with Crippen molar-refractivity contribution in [2.24, 2.45) is 5.92 Å². The number of halogens is 1. The highest BCUT2D eigenvalue weighted by molar-refractivity contribution is 5.98. The predicted molar refractivity (Wildman–Crippen MR) is 63.4 cm³/mol. The van der Waals surface area contributed by atoms with E-state index in [1.807, 2.05) is 7.05 Å². The van der Waals surface area contributed by atoms with Crippen molar-refractivity contribution in [3.8, 4) is 0 Å². The molecular formula is C12H14FN3O. The summed E-state index contributed by atoms with van der Waals surface area (Å²) in [5, 5.41) is 6.10. The molecule has 1 saturated heterocycles. The summed E-state index contributed by atoms with van der Waals surface area (Å²) in [6.07, 6.45) is 0. The first kappa shape index (κ1) is 10.5. The van der Waals surface area contributed by atoms with Crippen LogP contribution in [0.4, 0.5) is 15.8 Å². The molecule has 2 heterocycles. The summed E-state index contributed by atoms with van der Waals surface area (Å²) in [5.74, 6) is -0.358. The Labute approximate surface area is 98.8 Å². The minimum atomic E-state index is -0.296. The van der Waals surface area contributed by atoms with Gasteiger partial charge in [-0.05, 0) is 25.2 Å². The van der Waals surface area contributed by atoms with Crippen LogP contribution in [0.2, 0.25) is 0 Å². The van der Waals surface area contributed by atoms with E-state index in [-0.39, 0.29) is 23.7 Å². The van der Waals surface area contributed by atoms with E-state index in [1.165, 1.54) is 12.1 Å². The average molecular weight is 235 g/mol. The summed E-state index contributed by atoms with van der Waals surface area (Å²) in [5.41, 5.74) is 1.33. The van der Waals surface area contributed by atoms with E-state index in [2.05, 4.69) is 15.5 Å². The lowest BCUT2D eigenvalue weighted by Gasteiger charge is -2.15. The van der Waals surface area contributed by atoms with Gasteiger partial charge in [-0.15, -0.1) is 0 Å². The third kappa shape index (κ3) is 1.76. The summed E-state index contributed by atoms with van der Waals surface area (Å²) < 4.78 is 13.2. The van der Waals surface area contributed by atoms with Crippen LogP contribution in [0.3, 0.4) is 0 Å². The number of nitrogens with one attached hydrogen (secondary N) is 2. The highest BCUT2D eigenvalue weighted by Crippen LogP contribution is 2.31. The first-order valence-electron chi connectivity index (χ1n) is 5.69. The van der Waals surface area contributed by atoms with Crippen molar-refractivity contribution in [3.05, 3.63) is 24.0 Å². The molecule has 2 N–H and O–H groups in total. The number of anilines is 2. The number of hydrogen-bond acceptors (Lipinski definition) is 3. The second-order valence-electron chi connectivity index (χ2n) is 4.76. The van der Waals surface area contributed by atoms with Crippen LogP contribution >= 0.6 is 0 Å². The minimum Gasteiger partial charge on any atom is -0.378 e. The maximum atomic E-state index is 13.2. The van der Waals surface area contributed by atoms with Gasteiger partial charge in [-0.1, -0.05) is 0 Å². The Balaban J connectivity index is 1.98. The van der Waals surface area contributed by atoms with Crippen molar-refractivity contribution in [3.63, 3.8) is 0 Å². The van der Waals surface area contributed by atoms with Crippen LogP contribution in [0.15, 0.2) is 18.2 Å². The van der Waals surface area contributed by atoms with Crippen LogP contribution in [-0.4, -0.2) is 37.0 Å². The molecule has 0 saturated carbocycles. The number of amides is 1. The standard InChI is InChI=1S/C12H14FN3O/c1-16-5-8-11(6-16)14-10-4-7(13)2-3-9(10)15-12(8)17/h2-4,8,11,14H,5-6H2,1H3,(H,15,17). The van der Waals surface area contributed by atoms with Gasteiger partial charge in [0.25, 0.3) is 0 Å². The average Bonchev–Trinajstić information content (AvgIpc) is 2.58. The fourth-order valence-corrected chi connectivity index (χ4v) is 2.58. The van der Waals surface area contributed by atoms with E-state index >= 15 is 0 Å². The highest BCUT2D eigenvalue weighted by atomic mass is 19.1. The number of benzene rings is 1. The smallest absolute Gasteiger partial charge is 0.230 e. The van der Waals surface area contributed by atoms with Crippen LogP contribution in [0.5, 0.6) is 0 Å². The molecule has 17 heavy (non-hydrogen) atoms. The van der Waals surface area contributed by atoms with Crippen LogP contribution in [0.25, 0.3) is 0 Å². The quantitative estimate of drug-likeness (QED) is 0.708. The molecule has 5 heteroatoms. The number of likely N-dealkylation sites (tertiary alicyclic amines) is 1. The molecule has 2 aliphatic heterocycles. The molecule has 2 atom stereocenters. The molecule has 1 amide bonds. The Bertz CT molecular complexity index is 477. The summed E-state index contributed by atoms with van der Waals surface area (Å²) in [7, 11) is 1.98. The number of hydrogen-bond donors (Lipinski definition) is 2. The zero-order valence-corrected chi connectivity index (χ0v) is 9.53. The van der Waals surface area contributed by atoms with E-state index in [9.17, 15) is 9.18 Å². The summed E-state index contributed by atoms with van der Waals surface area (Å²) >= 11 is 0. The monoisotopic (exact) mass is 235 g/mol. The van der Waals surface area contributed by atoms with Crippen LogP contribution < -0.4 is 10.6 Å². The van der Waals surface area contributed by atoms with Gasteiger partial charge >= 0.3 is 0 Å². The van der Waals surface area contributed by atoms with Crippen molar-refractivity contribution in [1.82, 2.24) is 4.90 Å². The van der Waals surface area contributed by atoms with Gasteiger partial charge in [0, 0.05) is 13.1 Å². The van der Waals surface area contributed by atoms with E-state index < -0.39 is 0 Å². The third-order valence-corrected chi connectivity index (χ3v) is 3.42. The van der Waals surface area contributed by atoms with Gasteiger partial charge in [0.2, 0.25) is 5.91 Å². The van der Waals surface area contributed by atoms with E-state index in [0.717, 1.165) is 13.1 Å². The molecule has 3 rings (SSSR count). The topological polar surface area (TPSA) is 44.4 Å². The second kappa shape index (κ2) is 3.70. The molecule has 1 aromatic rings. The maximum absolute atomic E-state index is 13.2. The maximum Gasteiger partial charge on any atom is 0.230 e. The molecule has 0 radical (unpaired) electrons. The van der Waals surface area contributed by atoms with Crippen molar-refractivity contribution < 1.29 is 9.18 Å². The number of nitrogens with zero attached hydrogens (tertiary/aromatic N) is 1. The Morgan fingerprint density at radius 2 is 2.18 bits per heavy atom. The van der Waals surface area contributed by atoms with Crippen LogP contribution in [-0.2, 0) is 4.79 Å². The van der Waals surface area contributed by atoms with E-state index in [4.69, 9.17) is 0 Å². The van der Waals surface area contributed by atoms with Crippen molar-refractivity contribution >= 4 is 17.3 Å². The Kier molecular flexibility index (Phi) is 2.29. The van der Waals surface area contributed by atoms with Gasteiger partial charge < -0.3 is 15.5 Å². The van der Waals surface area contributed by atoms with E-state index in [0.29, 0.717) is 11.4 Å². The van der Waals surface area contributed by atoms with Gasteiger partial charge in [0.15, 0.2) is 0 Å². The SMILES string of the molecule is CN1CC2Nc3cc(F)ccc3NC(=O)C2C1. The molecule has 0 aromatic heterocycles. The lowest BCUT2D eigenvalue weighted by Crippen LogP contribution is -2.33.